The van der Waals surface area contributed by atoms with Crippen LogP contribution in [0.4, 0.5) is 0 Å². The van der Waals surface area contributed by atoms with Gasteiger partial charge < -0.3 is 10.1 Å². The van der Waals surface area contributed by atoms with E-state index in [0.717, 1.165) is 18.8 Å². The van der Waals surface area contributed by atoms with E-state index in [9.17, 15) is 0 Å². The molecule has 1 aromatic rings. The molecule has 2 heteroatoms. The Bertz CT molecular complexity index is 333. The number of nitrogens with one attached hydrogen (secondary N) is 1. The van der Waals surface area contributed by atoms with Crippen LogP contribution in [0, 0.1) is 0 Å². The number of ether oxygens (including phenoxy) is 1. The second-order valence-electron chi connectivity index (χ2n) is 4.50. The maximum Gasteiger partial charge on any atom is 0.122 e. The molecule has 2 nitrogen and oxygen atoms in total. The summed E-state index contributed by atoms with van der Waals surface area (Å²) < 4.78 is 5.76. The predicted octanol–water partition coefficient (Wildman–Crippen LogP) is 2.77. The van der Waals surface area contributed by atoms with Gasteiger partial charge in [-0.25, -0.2) is 0 Å². The SMILES string of the molecule is CCC(CC)NC1COc2ccccc2C1. The molecule has 1 aliphatic rings. The minimum atomic E-state index is 0.472. The smallest absolute Gasteiger partial charge is 0.122 e. The fourth-order valence-electron chi connectivity index (χ4n) is 2.29. The fraction of sp³-hybridized carbons (Fsp3) is 0.571. The van der Waals surface area contributed by atoms with E-state index < -0.39 is 0 Å². The third-order valence-corrected chi connectivity index (χ3v) is 3.34. The number of fused-ring (bicyclic) bond motifs is 1. The van der Waals surface area contributed by atoms with Crippen LogP contribution in [0.3, 0.4) is 0 Å². The van der Waals surface area contributed by atoms with Crippen molar-refractivity contribution >= 4 is 0 Å². The maximum absolute atomic E-state index is 5.76. The van der Waals surface area contributed by atoms with Crippen molar-refractivity contribution in [1.82, 2.24) is 5.32 Å². The first-order valence-electron chi connectivity index (χ1n) is 6.30. The highest BCUT2D eigenvalue weighted by Crippen LogP contribution is 2.24. The van der Waals surface area contributed by atoms with E-state index in [-0.39, 0.29) is 0 Å². The van der Waals surface area contributed by atoms with Crippen LogP contribution in [0.1, 0.15) is 32.3 Å². The highest BCUT2D eigenvalue weighted by atomic mass is 16.5. The molecule has 0 saturated heterocycles. The monoisotopic (exact) mass is 219 g/mol. The third kappa shape index (κ3) is 2.56. The molecule has 1 unspecified atom stereocenters. The predicted molar refractivity (Wildman–Crippen MR) is 66.9 cm³/mol. The highest BCUT2D eigenvalue weighted by molar-refractivity contribution is 5.35. The van der Waals surface area contributed by atoms with Crippen molar-refractivity contribution in [3.63, 3.8) is 0 Å². The molecule has 0 saturated carbocycles. The molecular weight excluding hydrogens is 198 g/mol. The van der Waals surface area contributed by atoms with Crippen LogP contribution >= 0.6 is 0 Å². The van der Waals surface area contributed by atoms with Gasteiger partial charge in [0, 0.05) is 12.1 Å². The summed E-state index contributed by atoms with van der Waals surface area (Å²) in [5.74, 6) is 1.06. The van der Waals surface area contributed by atoms with Gasteiger partial charge in [0.2, 0.25) is 0 Å². The molecule has 1 heterocycles. The second-order valence-corrected chi connectivity index (χ2v) is 4.50. The lowest BCUT2D eigenvalue weighted by atomic mass is 10.0. The van der Waals surface area contributed by atoms with Crippen LogP contribution in [0.5, 0.6) is 5.75 Å². The lowest BCUT2D eigenvalue weighted by Crippen LogP contribution is -2.44. The molecule has 16 heavy (non-hydrogen) atoms. The molecule has 2 rings (SSSR count). The van der Waals surface area contributed by atoms with Gasteiger partial charge in [0.05, 0.1) is 0 Å². The van der Waals surface area contributed by atoms with Crippen LogP contribution < -0.4 is 10.1 Å². The molecule has 0 amide bonds. The first-order valence-corrected chi connectivity index (χ1v) is 6.30. The molecule has 1 N–H and O–H groups in total. The fourth-order valence-corrected chi connectivity index (χ4v) is 2.29. The van der Waals surface area contributed by atoms with Gasteiger partial charge in [-0.15, -0.1) is 0 Å². The summed E-state index contributed by atoms with van der Waals surface area (Å²) in [6.45, 7) is 5.27. The molecular formula is C14H21NO. The number of hydrogen-bond acceptors (Lipinski definition) is 2. The number of hydrogen-bond donors (Lipinski definition) is 1. The normalized spacial score (nSPS) is 19.3. The van der Waals surface area contributed by atoms with E-state index in [1.54, 1.807) is 0 Å². The Morgan fingerprint density at radius 3 is 2.81 bits per heavy atom. The average molecular weight is 219 g/mol. The Morgan fingerprint density at radius 2 is 2.06 bits per heavy atom. The largest absolute Gasteiger partial charge is 0.492 e. The molecule has 1 aromatic carbocycles. The minimum absolute atomic E-state index is 0.472. The number of para-hydroxylation sites is 1. The zero-order chi connectivity index (χ0) is 11.4. The van der Waals surface area contributed by atoms with Crippen LogP contribution in [0.2, 0.25) is 0 Å². The van der Waals surface area contributed by atoms with Crippen molar-refractivity contribution in [3.05, 3.63) is 29.8 Å². The Hall–Kier alpha value is -1.02. The van der Waals surface area contributed by atoms with Crippen LogP contribution in [-0.2, 0) is 6.42 Å². The molecule has 0 spiro atoms. The first kappa shape index (κ1) is 11.5. The second kappa shape index (κ2) is 5.35. The van der Waals surface area contributed by atoms with E-state index in [2.05, 4.69) is 37.4 Å². The summed E-state index contributed by atoms with van der Waals surface area (Å²) >= 11 is 0. The molecule has 0 aromatic heterocycles. The molecule has 0 aliphatic carbocycles. The van der Waals surface area contributed by atoms with Crippen molar-refractivity contribution < 1.29 is 4.74 Å². The molecule has 0 bridgehead atoms. The molecule has 1 atom stereocenters. The van der Waals surface area contributed by atoms with E-state index >= 15 is 0 Å². The first-order chi connectivity index (χ1) is 7.83. The van der Waals surface area contributed by atoms with Crippen molar-refractivity contribution in [1.29, 1.82) is 0 Å². The summed E-state index contributed by atoms with van der Waals surface area (Å²) in [5, 5.41) is 3.67. The quantitative estimate of drug-likeness (QED) is 0.840. The minimum Gasteiger partial charge on any atom is -0.492 e. The standard InChI is InChI=1S/C14H21NO/c1-3-12(4-2)15-13-9-11-7-5-6-8-14(11)16-10-13/h5-8,12-13,15H,3-4,9-10H2,1-2H3. The Labute approximate surface area is 98.0 Å². The van der Waals surface area contributed by atoms with Crippen molar-refractivity contribution in [2.24, 2.45) is 0 Å². The van der Waals surface area contributed by atoms with E-state index in [0.29, 0.717) is 12.1 Å². The zero-order valence-corrected chi connectivity index (χ0v) is 10.2. The summed E-state index contributed by atoms with van der Waals surface area (Å²) in [7, 11) is 0. The molecule has 1 aliphatic heterocycles. The van der Waals surface area contributed by atoms with Gasteiger partial charge in [0.25, 0.3) is 0 Å². The molecule has 88 valence electrons. The summed E-state index contributed by atoms with van der Waals surface area (Å²) in [6, 6.07) is 9.44. The molecule has 0 fully saturated rings. The van der Waals surface area contributed by atoms with E-state index in [4.69, 9.17) is 4.74 Å². The Balaban J connectivity index is 1.97. The lowest BCUT2D eigenvalue weighted by molar-refractivity contribution is 0.224. The average Bonchev–Trinajstić information content (AvgIpc) is 2.35. The summed E-state index contributed by atoms with van der Waals surface area (Å²) in [6.07, 6.45) is 3.47. The van der Waals surface area contributed by atoms with E-state index in [1.165, 1.54) is 18.4 Å². The number of benzene rings is 1. The van der Waals surface area contributed by atoms with E-state index in [1.807, 2.05) is 6.07 Å². The highest BCUT2D eigenvalue weighted by Gasteiger charge is 2.20. The third-order valence-electron chi connectivity index (χ3n) is 3.34. The lowest BCUT2D eigenvalue weighted by Gasteiger charge is -2.29. The van der Waals surface area contributed by atoms with Crippen molar-refractivity contribution in [2.45, 2.75) is 45.2 Å². The summed E-state index contributed by atoms with van der Waals surface area (Å²) in [5.41, 5.74) is 1.33. The van der Waals surface area contributed by atoms with Gasteiger partial charge >= 0.3 is 0 Å². The van der Waals surface area contributed by atoms with Gasteiger partial charge in [-0.1, -0.05) is 32.0 Å². The van der Waals surface area contributed by atoms with Crippen LogP contribution in [0.15, 0.2) is 24.3 Å². The number of rotatable bonds is 4. The van der Waals surface area contributed by atoms with Gasteiger partial charge in [0.1, 0.15) is 12.4 Å². The van der Waals surface area contributed by atoms with Crippen molar-refractivity contribution in [2.75, 3.05) is 6.61 Å². The topological polar surface area (TPSA) is 21.3 Å². The van der Waals surface area contributed by atoms with Gasteiger partial charge in [0.15, 0.2) is 0 Å². The maximum atomic E-state index is 5.76. The van der Waals surface area contributed by atoms with Gasteiger partial charge in [-0.2, -0.15) is 0 Å². The molecule has 0 radical (unpaired) electrons. The van der Waals surface area contributed by atoms with Crippen molar-refractivity contribution in [3.8, 4) is 5.75 Å². The zero-order valence-electron chi connectivity index (χ0n) is 10.2. The van der Waals surface area contributed by atoms with Crippen LogP contribution in [-0.4, -0.2) is 18.7 Å². The van der Waals surface area contributed by atoms with Crippen LogP contribution in [0.25, 0.3) is 0 Å². The Kier molecular flexibility index (Phi) is 3.83. The van der Waals surface area contributed by atoms with Gasteiger partial charge in [-0.05, 0) is 30.9 Å². The Morgan fingerprint density at radius 1 is 1.31 bits per heavy atom. The van der Waals surface area contributed by atoms with Gasteiger partial charge in [-0.3, -0.25) is 0 Å². The summed E-state index contributed by atoms with van der Waals surface area (Å²) in [4.78, 5) is 0.